The normalized spacial score (nSPS) is 13.0. The fourth-order valence-corrected chi connectivity index (χ4v) is 9.43. The van der Waals surface area contributed by atoms with Crippen LogP contribution in [0.1, 0.15) is 316 Å². The van der Waals surface area contributed by atoms with Crippen LogP contribution in [0.2, 0.25) is 0 Å². The van der Waals surface area contributed by atoms with Crippen molar-refractivity contribution in [1.82, 2.24) is 0 Å². The maximum Gasteiger partial charge on any atom is 0.306 e. The monoisotopic (exact) mass is 1150 g/mol. The van der Waals surface area contributed by atoms with Crippen LogP contribution in [0.15, 0.2) is 134 Å². The average molecular weight is 1150 g/mol. The Morgan fingerprint density at radius 3 is 0.783 bits per heavy atom. The van der Waals surface area contributed by atoms with Crippen molar-refractivity contribution < 1.29 is 28.6 Å². The zero-order valence-corrected chi connectivity index (χ0v) is 54.2. The van der Waals surface area contributed by atoms with Crippen LogP contribution in [-0.4, -0.2) is 37.2 Å². The van der Waals surface area contributed by atoms with E-state index in [2.05, 4.69) is 154 Å². The molecule has 1 unspecified atom stereocenters. The lowest BCUT2D eigenvalue weighted by Crippen LogP contribution is -2.30. The largest absolute Gasteiger partial charge is 0.462 e. The second kappa shape index (κ2) is 70.0. The maximum atomic E-state index is 13.0. The highest BCUT2D eigenvalue weighted by Gasteiger charge is 2.19. The number of esters is 3. The van der Waals surface area contributed by atoms with Gasteiger partial charge in [0.1, 0.15) is 13.2 Å². The van der Waals surface area contributed by atoms with Crippen LogP contribution in [0.3, 0.4) is 0 Å². The van der Waals surface area contributed by atoms with Crippen LogP contribution in [0.25, 0.3) is 0 Å². The zero-order valence-electron chi connectivity index (χ0n) is 54.2. The molecule has 0 aliphatic heterocycles. The summed E-state index contributed by atoms with van der Waals surface area (Å²) in [7, 11) is 0. The molecule has 1 atom stereocenters. The molecule has 0 fully saturated rings. The Bertz CT molecular complexity index is 1750. The quantitative estimate of drug-likeness (QED) is 0.0261. The van der Waals surface area contributed by atoms with Crippen molar-refractivity contribution in [3.8, 4) is 0 Å². The third kappa shape index (κ3) is 68.2. The summed E-state index contributed by atoms with van der Waals surface area (Å²) in [6.45, 7) is 6.45. The summed E-state index contributed by atoms with van der Waals surface area (Å²) >= 11 is 0. The van der Waals surface area contributed by atoms with Gasteiger partial charge in [-0.3, -0.25) is 14.4 Å². The lowest BCUT2D eigenvalue weighted by Gasteiger charge is -2.18. The standard InChI is InChI=1S/C77H128O6/c1-4-7-10-13-16-19-22-25-27-29-31-33-35-36-37-38-39-40-42-43-45-47-49-52-55-58-61-64-67-70-76(79)82-73-74(72-81-75(78)69-66-63-60-57-54-51-24-21-18-15-12-9-6-3)83-77(80)71-68-65-62-59-56-53-50-48-46-44-41-34-32-30-28-26-23-20-17-14-11-8-5-2/h7,10,12,15-16,19,21,23-27,30-33,36-37,39-40,43,45,74H,4-6,8-9,11,13-14,17-18,20,22,28-29,34-35,38,41-42,44,46-73H2,1-3H3/b10-7-,15-12-,19-16-,24-21-,26-23-,27-25-,32-30-,33-31-,37-36-,40-39-,45-43-. The minimum atomic E-state index is -0.796. The highest BCUT2D eigenvalue weighted by atomic mass is 16.6. The van der Waals surface area contributed by atoms with Crippen molar-refractivity contribution in [3.63, 3.8) is 0 Å². The molecule has 0 rings (SSSR count). The molecule has 0 saturated heterocycles. The van der Waals surface area contributed by atoms with Gasteiger partial charge in [-0.25, -0.2) is 0 Å². The predicted molar refractivity (Wildman–Crippen MR) is 362 cm³/mol. The molecule has 0 aliphatic rings. The van der Waals surface area contributed by atoms with E-state index >= 15 is 0 Å². The fraction of sp³-hybridized carbons (Fsp3) is 0.675. The number of hydrogen-bond donors (Lipinski definition) is 0. The summed E-state index contributed by atoms with van der Waals surface area (Å²) in [4.78, 5) is 38.4. The molecule has 6 heteroatoms. The average Bonchev–Trinajstić information content (AvgIpc) is 3.49. The fourth-order valence-electron chi connectivity index (χ4n) is 9.43. The molecule has 0 aromatic heterocycles. The van der Waals surface area contributed by atoms with Gasteiger partial charge in [0.05, 0.1) is 0 Å². The third-order valence-electron chi connectivity index (χ3n) is 14.6. The molecule has 0 spiro atoms. The van der Waals surface area contributed by atoms with E-state index in [1.807, 2.05) is 0 Å². The SMILES string of the molecule is CC/C=C\C/C=C\C/C=C\C/C=C\C/C=C\C/C=C\C/C=C\CCCCCCCCCC(=O)OCC(COC(=O)CCCCCCC/C=C\C/C=C\CCC)OC(=O)CCCCCCCCCCCCC/C=C\C/C=C\CCCCCCC. The molecule has 0 aliphatic carbocycles. The molecule has 0 bridgehead atoms. The molecule has 0 heterocycles. The highest BCUT2D eigenvalue weighted by molar-refractivity contribution is 5.71. The maximum absolute atomic E-state index is 13.0. The van der Waals surface area contributed by atoms with Gasteiger partial charge in [0, 0.05) is 19.3 Å². The summed E-state index contributed by atoms with van der Waals surface area (Å²) in [5.41, 5.74) is 0. The first kappa shape index (κ1) is 78.5. The summed E-state index contributed by atoms with van der Waals surface area (Å²) in [5.74, 6) is -0.912. The molecule has 0 N–H and O–H groups in total. The molecule has 472 valence electrons. The first-order valence-corrected chi connectivity index (χ1v) is 34.7. The number of ether oxygens (including phenoxy) is 3. The third-order valence-corrected chi connectivity index (χ3v) is 14.6. The summed E-state index contributed by atoms with van der Waals surface area (Å²) in [6, 6.07) is 0. The predicted octanol–water partition coefficient (Wildman–Crippen LogP) is 24.1. The van der Waals surface area contributed by atoms with E-state index in [0.717, 1.165) is 148 Å². The van der Waals surface area contributed by atoms with Crippen LogP contribution >= 0.6 is 0 Å². The number of carbonyl (C=O) groups excluding carboxylic acids is 3. The molecule has 6 nitrogen and oxygen atoms in total. The Morgan fingerprint density at radius 1 is 0.253 bits per heavy atom. The van der Waals surface area contributed by atoms with Crippen LogP contribution in [0.4, 0.5) is 0 Å². The smallest absolute Gasteiger partial charge is 0.306 e. The minimum absolute atomic E-state index is 0.0918. The van der Waals surface area contributed by atoms with E-state index < -0.39 is 6.10 Å². The van der Waals surface area contributed by atoms with Crippen molar-refractivity contribution in [2.75, 3.05) is 13.2 Å². The second-order valence-electron chi connectivity index (χ2n) is 22.7. The molecular formula is C77H128O6. The van der Waals surface area contributed by atoms with Crippen LogP contribution in [0, 0.1) is 0 Å². The minimum Gasteiger partial charge on any atom is -0.462 e. The lowest BCUT2D eigenvalue weighted by molar-refractivity contribution is -0.167. The van der Waals surface area contributed by atoms with Gasteiger partial charge in [0.2, 0.25) is 0 Å². The first-order chi connectivity index (χ1) is 41.0. The molecule has 0 radical (unpaired) electrons. The summed E-state index contributed by atoms with van der Waals surface area (Å²) in [6.07, 6.45) is 98.9. The van der Waals surface area contributed by atoms with E-state index in [4.69, 9.17) is 14.2 Å². The number of rotatable bonds is 62. The summed E-state index contributed by atoms with van der Waals surface area (Å²) in [5, 5.41) is 0. The van der Waals surface area contributed by atoms with Gasteiger partial charge >= 0.3 is 17.9 Å². The lowest BCUT2D eigenvalue weighted by atomic mass is 10.0. The van der Waals surface area contributed by atoms with E-state index in [1.54, 1.807) is 0 Å². The summed E-state index contributed by atoms with van der Waals surface area (Å²) < 4.78 is 16.9. The number of unbranched alkanes of at least 4 members (excludes halogenated alkanes) is 29. The van der Waals surface area contributed by atoms with E-state index in [-0.39, 0.29) is 31.1 Å². The van der Waals surface area contributed by atoms with E-state index in [9.17, 15) is 14.4 Å². The first-order valence-electron chi connectivity index (χ1n) is 34.7. The van der Waals surface area contributed by atoms with Crippen LogP contribution in [-0.2, 0) is 28.6 Å². The van der Waals surface area contributed by atoms with Crippen molar-refractivity contribution >= 4 is 17.9 Å². The Hall–Kier alpha value is -4.45. The Labute approximate surface area is 513 Å². The Balaban J connectivity index is 4.35. The number of hydrogen-bond acceptors (Lipinski definition) is 6. The van der Waals surface area contributed by atoms with Gasteiger partial charge in [-0.2, -0.15) is 0 Å². The number of carbonyl (C=O) groups is 3. The number of allylic oxidation sites excluding steroid dienone is 22. The Morgan fingerprint density at radius 2 is 0.494 bits per heavy atom. The Kier molecular flexibility index (Phi) is 66.3. The topological polar surface area (TPSA) is 78.9 Å². The van der Waals surface area contributed by atoms with Gasteiger partial charge in [-0.1, -0.05) is 296 Å². The van der Waals surface area contributed by atoms with Crippen molar-refractivity contribution in [2.24, 2.45) is 0 Å². The van der Waals surface area contributed by atoms with Crippen molar-refractivity contribution in [2.45, 2.75) is 322 Å². The van der Waals surface area contributed by atoms with Gasteiger partial charge in [-0.05, 0) is 135 Å². The molecule has 0 aromatic carbocycles. The van der Waals surface area contributed by atoms with Gasteiger partial charge in [0.25, 0.3) is 0 Å². The highest BCUT2D eigenvalue weighted by Crippen LogP contribution is 2.16. The molecular weight excluding hydrogens is 1020 g/mol. The molecule has 0 saturated carbocycles. The van der Waals surface area contributed by atoms with Crippen molar-refractivity contribution in [1.29, 1.82) is 0 Å². The molecule has 83 heavy (non-hydrogen) atoms. The second-order valence-corrected chi connectivity index (χ2v) is 22.7. The van der Waals surface area contributed by atoms with E-state index in [1.165, 1.54) is 128 Å². The van der Waals surface area contributed by atoms with Gasteiger partial charge < -0.3 is 14.2 Å². The van der Waals surface area contributed by atoms with E-state index in [0.29, 0.717) is 19.3 Å². The van der Waals surface area contributed by atoms with Gasteiger partial charge in [-0.15, -0.1) is 0 Å². The van der Waals surface area contributed by atoms with Crippen molar-refractivity contribution in [3.05, 3.63) is 134 Å². The zero-order chi connectivity index (χ0) is 59.9. The van der Waals surface area contributed by atoms with Crippen LogP contribution in [0.5, 0.6) is 0 Å². The molecule has 0 aromatic rings. The molecule has 0 amide bonds. The van der Waals surface area contributed by atoms with Crippen LogP contribution < -0.4 is 0 Å². The van der Waals surface area contributed by atoms with Gasteiger partial charge in [0.15, 0.2) is 6.10 Å².